The minimum Gasteiger partial charge on any atom is -0.493 e. The van der Waals surface area contributed by atoms with E-state index in [4.69, 9.17) is 50.1 Å². The number of carbonyl (C=O) groups excluding carboxylic acids is 1. The topological polar surface area (TPSA) is 74.0 Å². The highest BCUT2D eigenvalue weighted by molar-refractivity contribution is 5.76. The second kappa shape index (κ2) is 9.56. The van der Waals surface area contributed by atoms with Gasteiger partial charge in [-0.05, 0) is 47.8 Å². The lowest BCUT2D eigenvalue weighted by atomic mass is 9.79. The zero-order chi connectivity index (χ0) is 46.2. The Hall–Kier alpha value is -1.79. The number of ether oxygens (including phenoxy) is 3. The number of methoxy groups -OCH3 is 2. The van der Waals surface area contributed by atoms with E-state index in [1.165, 1.54) is 0 Å². The number of fused-ring (bicyclic) bond motifs is 3. The fraction of sp³-hybridized carbons (Fsp3) is 0.708. The lowest BCUT2D eigenvalue weighted by Gasteiger charge is -2.47. The normalized spacial score (nSPS) is 51.2. The smallest absolute Gasteiger partial charge is 0.323 e. The molecule has 0 bridgehead atoms. The van der Waals surface area contributed by atoms with E-state index in [1.54, 1.807) is 0 Å². The number of rotatable bonds is 7. The van der Waals surface area contributed by atoms with E-state index in [2.05, 4.69) is 0 Å². The summed E-state index contributed by atoms with van der Waals surface area (Å²) in [7, 11) is -2.52. The minimum absolute atomic E-state index is 0.0335. The van der Waals surface area contributed by atoms with E-state index >= 15 is 0 Å². The second-order valence-corrected chi connectivity index (χ2v) is 6.06. The zero-order valence-electron chi connectivity index (χ0n) is 43.6. The molecule has 2 aliphatic rings. The Bertz CT molecular complexity index is 1770. The standard InChI is InChI=1S/C24H38N2O4/c1-14(2)9-17-13-26-8-7-16-10-21(28-5)22(29-6)11-18(16)19(26)12-20(17)30-24(27)23(25)15(3)4/h10-11,14-15,17,19-20,23H,7-9,12-13,25H2,1-6H3/t17?,19?,20?,23-/m0/s1/i1D3,2D3,3D3,4D3,5D3,9D2,10D,11D,12D2,13D2,14D,15D,17D,19D,23D. The van der Waals surface area contributed by atoms with Gasteiger partial charge in [0.1, 0.15) is 12.1 Å². The Morgan fingerprint density at radius 2 is 2.23 bits per heavy atom. The number of benzene rings is 1. The largest absolute Gasteiger partial charge is 0.493 e. The van der Waals surface area contributed by atoms with Crippen molar-refractivity contribution in [3.8, 4) is 11.5 Å². The van der Waals surface area contributed by atoms with Gasteiger partial charge in [-0.3, -0.25) is 9.69 Å². The van der Waals surface area contributed by atoms with E-state index in [0.717, 1.165) is 7.11 Å². The first-order chi connectivity index (χ1) is 25.2. The first-order valence-corrected chi connectivity index (χ1v) is 8.40. The first kappa shape index (κ1) is 6.16. The Labute approximate surface area is 220 Å². The maximum atomic E-state index is 14.0. The third-order valence-corrected chi connectivity index (χ3v) is 4.17. The van der Waals surface area contributed by atoms with Crippen LogP contribution in [0.25, 0.3) is 0 Å². The van der Waals surface area contributed by atoms with Crippen LogP contribution in [0.1, 0.15) is 95.7 Å². The van der Waals surface area contributed by atoms with Gasteiger partial charge in [-0.1, -0.05) is 27.4 Å². The quantitative estimate of drug-likeness (QED) is 0.646. The Kier molecular flexibility index (Phi) is 1.97. The summed E-state index contributed by atoms with van der Waals surface area (Å²) in [5, 5.41) is 0. The van der Waals surface area contributed by atoms with Crippen molar-refractivity contribution in [1.82, 2.24) is 4.90 Å². The maximum absolute atomic E-state index is 14.0. The molecule has 0 radical (unpaired) electrons. The second-order valence-electron chi connectivity index (χ2n) is 6.06. The van der Waals surface area contributed by atoms with Crippen molar-refractivity contribution in [1.29, 1.82) is 0 Å². The number of esters is 1. The van der Waals surface area contributed by atoms with Crippen LogP contribution in [0, 0.1) is 17.7 Å². The summed E-state index contributed by atoms with van der Waals surface area (Å²) in [5.41, 5.74) is 3.82. The number of hydrogen-bond donors (Lipinski definition) is 1. The van der Waals surface area contributed by atoms with Crippen molar-refractivity contribution >= 4 is 5.97 Å². The monoisotopic (exact) mass is 446 g/mol. The van der Waals surface area contributed by atoms with Gasteiger partial charge >= 0.3 is 5.97 Å². The summed E-state index contributed by atoms with van der Waals surface area (Å²) < 4.78 is 248. The fourth-order valence-corrected chi connectivity index (χ4v) is 2.83. The Morgan fingerprint density at radius 1 is 1.43 bits per heavy atom. The van der Waals surface area contributed by atoms with Crippen molar-refractivity contribution in [3.63, 3.8) is 0 Å². The molecule has 0 spiro atoms. The first-order valence-electron chi connectivity index (χ1n) is 22.4. The average molecular weight is 447 g/mol. The number of piperidine rings is 1. The van der Waals surface area contributed by atoms with Crippen molar-refractivity contribution < 1.29 is 57.4 Å². The molecular formula is C24H38N2O4. The van der Waals surface area contributed by atoms with E-state index in [-0.39, 0.29) is 4.90 Å². The van der Waals surface area contributed by atoms with Gasteiger partial charge in [0.15, 0.2) is 11.5 Å². The van der Waals surface area contributed by atoms with Crippen LogP contribution in [-0.4, -0.2) is 50.2 Å². The van der Waals surface area contributed by atoms with E-state index < -0.39 is 143 Å². The molecule has 1 saturated heterocycles. The third-order valence-electron chi connectivity index (χ3n) is 4.17. The van der Waals surface area contributed by atoms with Crippen LogP contribution in [0.2, 0.25) is 0 Å². The highest BCUT2D eigenvalue weighted by Gasteiger charge is 2.41. The number of nitrogens with zero attached hydrogens (tertiary/aromatic N) is 1. The van der Waals surface area contributed by atoms with Gasteiger partial charge in [-0.2, -0.15) is 0 Å². The van der Waals surface area contributed by atoms with E-state index in [1.807, 2.05) is 0 Å². The summed E-state index contributed by atoms with van der Waals surface area (Å²) in [4.78, 5) is 14.0. The van der Waals surface area contributed by atoms with Crippen LogP contribution < -0.4 is 15.2 Å². The highest BCUT2D eigenvalue weighted by Crippen LogP contribution is 2.44. The number of nitrogens with two attached hydrogens (primary N) is 1. The molecule has 2 N–H and O–H groups in total. The molecule has 1 aromatic carbocycles. The van der Waals surface area contributed by atoms with Gasteiger partial charge in [0.2, 0.25) is 0 Å². The molecule has 1 aromatic rings. The van der Waals surface area contributed by atoms with Crippen LogP contribution >= 0.6 is 0 Å². The van der Waals surface area contributed by atoms with Gasteiger partial charge in [0.05, 0.1) is 23.7 Å². The Morgan fingerprint density at radius 3 is 2.93 bits per heavy atom. The molecule has 0 saturated carbocycles. The van der Waals surface area contributed by atoms with Crippen LogP contribution in [0.5, 0.6) is 11.5 Å². The van der Waals surface area contributed by atoms with Gasteiger partial charge in [0.25, 0.3) is 0 Å². The molecule has 0 aromatic heterocycles. The van der Waals surface area contributed by atoms with Crippen LogP contribution in [0.4, 0.5) is 0 Å². The summed E-state index contributed by atoms with van der Waals surface area (Å²) in [5.74, 6) is -18.7. The Balaban J connectivity index is 2.67. The molecule has 6 heteroatoms. The maximum Gasteiger partial charge on any atom is 0.323 e. The van der Waals surface area contributed by atoms with Crippen molar-refractivity contribution in [2.45, 2.75) is 64.7 Å². The molecule has 30 heavy (non-hydrogen) atoms. The van der Waals surface area contributed by atoms with Crippen molar-refractivity contribution in [2.24, 2.45) is 23.4 Å². The number of carbonyl (C=O) groups is 1. The molecule has 0 aliphatic carbocycles. The number of hydrogen-bond acceptors (Lipinski definition) is 6. The van der Waals surface area contributed by atoms with E-state index in [0.29, 0.717) is 0 Å². The highest BCUT2D eigenvalue weighted by atomic mass is 16.5. The summed E-state index contributed by atoms with van der Waals surface area (Å²) in [6.07, 6.45) is -14.0. The van der Waals surface area contributed by atoms with Crippen LogP contribution in [0.15, 0.2) is 12.1 Å². The molecule has 0 amide bonds. The van der Waals surface area contributed by atoms with Gasteiger partial charge < -0.3 is 19.9 Å². The molecular weight excluding hydrogens is 380 g/mol. The predicted molar refractivity (Wildman–Crippen MR) is 118 cm³/mol. The molecule has 1 fully saturated rings. The zero-order valence-corrected chi connectivity index (χ0v) is 15.6. The summed E-state index contributed by atoms with van der Waals surface area (Å²) in [6, 6.07) is -10.5. The lowest BCUT2D eigenvalue weighted by molar-refractivity contribution is -0.160. The molecule has 2 aliphatic heterocycles. The fourth-order valence-electron chi connectivity index (χ4n) is 2.83. The average Bonchev–Trinajstić information content (AvgIpc) is 3.00. The van der Waals surface area contributed by atoms with Crippen LogP contribution in [0.3, 0.4) is 0 Å². The SMILES string of the molecule is [2H]c1c2c(c([2H])c(OC)c1OC([2H])([2H])[2H])C1([2H])N(CC2)C([2H])([2H])C([2H])(C([2H])([2H])C([2H])(C([2H])([2H])[2H])C([2H])([2H])[2H])C(OC(=O)[C@@]([2H])(N)C([2H])(C([2H])([2H])[2H])C([2H])([2H])[2H])C1([2H])[2H]. The minimum atomic E-state index is -4.88. The van der Waals surface area contributed by atoms with Crippen molar-refractivity contribution in [2.75, 3.05) is 27.2 Å². The van der Waals surface area contributed by atoms with Gasteiger partial charge in [-0.25, -0.2) is 0 Å². The van der Waals surface area contributed by atoms with Gasteiger partial charge in [-0.15, -0.1) is 0 Å². The van der Waals surface area contributed by atoms with E-state index in [9.17, 15) is 13.0 Å². The summed E-state index contributed by atoms with van der Waals surface area (Å²) in [6.45, 7) is -22.8. The third kappa shape index (κ3) is 4.75. The predicted octanol–water partition coefficient (Wildman–Crippen LogP) is 3.56. The van der Waals surface area contributed by atoms with Crippen LogP contribution in [-0.2, 0) is 16.0 Å². The molecule has 168 valence electrons. The molecule has 4 atom stereocenters. The summed E-state index contributed by atoms with van der Waals surface area (Å²) >= 11 is 0. The molecule has 3 rings (SSSR count). The molecule has 2 heterocycles. The van der Waals surface area contributed by atoms with Crippen molar-refractivity contribution in [3.05, 3.63) is 23.2 Å². The lowest BCUT2D eigenvalue weighted by Crippen LogP contribution is -2.51. The molecule has 6 nitrogen and oxygen atoms in total. The van der Waals surface area contributed by atoms with Gasteiger partial charge in [0, 0.05) is 60.1 Å². The molecule has 3 unspecified atom stereocenters.